The van der Waals surface area contributed by atoms with Crippen molar-refractivity contribution in [2.45, 2.75) is 24.2 Å². The second-order valence-electron chi connectivity index (χ2n) is 9.32. The Morgan fingerprint density at radius 3 is 1.39 bits per heavy atom. The summed E-state index contributed by atoms with van der Waals surface area (Å²) in [4.78, 5) is 7.47. The molecule has 5 nitrogen and oxygen atoms in total. The quantitative estimate of drug-likeness (QED) is 0.0871. The Balaban J connectivity index is 2.18. The maximum absolute atomic E-state index is 15.0. The lowest BCUT2D eigenvalue weighted by atomic mass is 9.92. The molecule has 0 saturated carbocycles. The summed E-state index contributed by atoms with van der Waals surface area (Å²) in [6.45, 7) is 7.29. The molecule has 2 atom stereocenters. The van der Waals surface area contributed by atoms with Crippen LogP contribution in [0.3, 0.4) is 0 Å². The molecule has 1 heterocycles. The number of aromatic nitrogens is 2. The molecule has 0 saturated heterocycles. The Morgan fingerprint density at radius 1 is 0.592 bits per heavy atom. The zero-order chi connectivity index (χ0) is 37.2. The number of benzene rings is 2. The number of nitriles is 2. The van der Waals surface area contributed by atoms with E-state index in [0.717, 1.165) is 12.1 Å². The first-order valence-electron chi connectivity index (χ1n) is 12.0. The van der Waals surface area contributed by atoms with Crippen molar-refractivity contribution in [2.75, 3.05) is 0 Å². The highest BCUT2D eigenvalue weighted by Crippen LogP contribution is 2.58. The standard InChI is InChI=1S/C27H2F17N5/c1-47-23(10-15(30)19(34)12(27(42,43)44)20(35)16(10)31)9-6(7(9)5(3-46)22-21(36)24(37)49-25(38)48-22)4(2-45)8-13(28)17(32)11(26(39,40)41)18(33)14(8)29/h4-5H/b23-9-. The number of allylic oxidation sites excluding steroid dienone is 3. The predicted molar refractivity (Wildman–Crippen MR) is 122 cm³/mol. The third-order valence-corrected chi connectivity index (χ3v) is 6.69. The van der Waals surface area contributed by atoms with E-state index < -0.39 is 139 Å². The summed E-state index contributed by atoms with van der Waals surface area (Å²) in [6, 6.07) is 1.88. The monoisotopic (exact) mass is 719 g/mol. The fraction of sp³-hybridized carbons (Fsp3) is 0.148. The van der Waals surface area contributed by atoms with Crippen molar-refractivity contribution in [1.82, 2.24) is 9.97 Å². The van der Waals surface area contributed by atoms with E-state index in [1.165, 1.54) is 0 Å². The highest BCUT2D eigenvalue weighted by atomic mass is 19.4. The Hall–Kier alpha value is -5.72. The van der Waals surface area contributed by atoms with Crippen LogP contribution in [0.2, 0.25) is 0 Å². The lowest BCUT2D eigenvalue weighted by Gasteiger charge is -2.16. The fourth-order valence-corrected chi connectivity index (χ4v) is 4.68. The summed E-state index contributed by atoms with van der Waals surface area (Å²) >= 11 is 0. The molecular formula is C27H2F17N5. The SMILES string of the molecule is [C-]#[N+]/C(=C1C(C(C#N)c2nc(F)nc(F)c2F)=C\1C(C#N)c1c(F)c(F)c(C(F)(F)F)c(F)c1F)c1c(F)c(F)c(C(F)(F)F)c(F)c1F. The molecule has 0 fully saturated rings. The van der Waals surface area contributed by atoms with E-state index in [0.29, 0.717) is 0 Å². The first kappa shape index (κ1) is 36.1. The molecule has 4 rings (SSSR count). The molecule has 2 aromatic carbocycles. The molecular weight excluding hydrogens is 717 g/mol. The van der Waals surface area contributed by atoms with E-state index in [4.69, 9.17) is 6.57 Å². The molecule has 0 bridgehead atoms. The molecule has 3 aromatic rings. The van der Waals surface area contributed by atoms with Gasteiger partial charge in [-0.05, 0) is 16.7 Å². The lowest BCUT2D eigenvalue weighted by Crippen LogP contribution is -2.18. The Labute approximate surface area is 258 Å². The Morgan fingerprint density at radius 2 is 1.00 bits per heavy atom. The van der Waals surface area contributed by atoms with Gasteiger partial charge in [0.1, 0.15) is 28.7 Å². The third kappa shape index (κ3) is 5.64. The summed E-state index contributed by atoms with van der Waals surface area (Å²) in [5, 5.41) is 19.4. The number of nitrogens with zero attached hydrogens (tertiary/aromatic N) is 5. The highest BCUT2D eigenvalue weighted by molar-refractivity contribution is 5.92. The van der Waals surface area contributed by atoms with Gasteiger partial charge in [-0.2, -0.15) is 55.0 Å². The van der Waals surface area contributed by atoms with E-state index in [1.54, 1.807) is 0 Å². The largest absolute Gasteiger partial charge is 0.422 e. The molecule has 0 aliphatic heterocycles. The minimum absolute atomic E-state index is 0.856. The van der Waals surface area contributed by atoms with Crippen molar-refractivity contribution in [2.24, 2.45) is 0 Å². The van der Waals surface area contributed by atoms with Crippen molar-refractivity contribution >= 4 is 5.70 Å². The molecule has 254 valence electrons. The van der Waals surface area contributed by atoms with Crippen LogP contribution in [0.25, 0.3) is 10.5 Å². The summed E-state index contributed by atoms with van der Waals surface area (Å²) in [7, 11) is 0. The van der Waals surface area contributed by atoms with Gasteiger partial charge in [-0.1, -0.05) is 0 Å². The van der Waals surface area contributed by atoms with Crippen molar-refractivity contribution in [3.63, 3.8) is 0 Å². The van der Waals surface area contributed by atoms with Gasteiger partial charge in [0.05, 0.1) is 29.8 Å². The van der Waals surface area contributed by atoms with Crippen LogP contribution in [-0.4, -0.2) is 9.97 Å². The van der Waals surface area contributed by atoms with E-state index >= 15 is 0 Å². The highest BCUT2D eigenvalue weighted by Gasteiger charge is 2.51. The molecule has 2 unspecified atom stereocenters. The van der Waals surface area contributed by atoms with Gasteiger partial charge in [0.15, 0.2) is 46.5 Å². The van der Waals surface area contributed by atoms with E-state index in [1.807, 2.05) is 0 Å². The molecule has 1 aliphatic carbocycles. The second-order valence-corrected chi connectivity index (χ2v) is 9.32. The average molecular weight is 719 g/mol. The number of rotatable bonds is 5. The average Bonchev–Trinajstić information content (AvgIpc) is 3.70. The zero-order valence-corrected chi connectivity index (χ0v) is 22.3. The van der Waals surface area contributed by atoms with Crippen molar-refractivity contribution in [3.05, 3.63) is 120 Å². The minimum atomic E-state index is -6.14. The lowest BCUT2D eigenvalue weighted by molar-refractivity contribution is -0.144. The first-order valence-corrected chi connectivity index (χ1v) is 12.0. The van der Waals surface area contributed by atoms with Crippen LogP contribution < -0.4 is 0 Å². The van der Waals surface area contributed by atoms with Gasteiger partial charge in [-0.3, -0.25) is 0 Å². The maximum Gasteiger partial charge on any atom is 0.422 e. The van der Waals surface area contributed by atoms with Crippen LogP contribution in [0.15, 0.2) is 16.7 Å². The van der Waals surface area contributed by atoms with Crippen LogP contribution in [-0.2, 0) is 12.4 Å². The summed E-state index contributed by atoms with van der Waals surface area (Å²) in [5.74, 6) is -35.6. The van der Waals surface area contributed by atoms with E-state index in [2.05, 4.69) is 14.8 Å². The molecule has 49 heavy (non-hydrogen) atoms. The smallest absolute Gasteiger partial charge is 0.237 e. The summed E-state index contributed by atoms with van der Waals surface area (Å²) < 4.78 is 239. The van der Waals surface area contributed by atoms with Gasteiger partial charge >= 0.3 is 18.4 Å². The van der Waals surface area contributed by atoms with Gasteiger partial charge in [0.25, 0.3) is 5.95 Å². The van der Waals surface area contributed by atoms with Crippen LogP contribution in [0, 0.1) is 93.6 Å². The normalized spacial score (nSPS) is 15.4. The van der Waals surface area contributed by atoms with Crippen LogP contribution in [0.5, 0.6) is 0 Å². The maximum atomic E-state index is 15.0. The van der Waals surface area contributed by atoms with Crippen molar-refractivity contribution in [1.29, 1.82) is 10.5 Å². The van der Waals surface area contributed by atoms with Gasteiger partial charge in [0.2, 0.25) is 11.5 Å². The third-order valence-electron chi connectivity index (χ3n) is 6.69. The molecule has 1 aromatic heterocycles. The summed E-state index contributed by atoms with van der Waals surface area (Å²) in [5.41, 5.74) is -19.4. The summed E-state index contributed by atoms with van der Waals surface area (Å²) in [6.07, 6.45) is -14.5. The van der Waals surface area contributed by atoms with Crippen molar-refractivity contribution < 1.29 is 74.6 Å². The van der Waals surface area contributed by atoms with Crippen LogP contribution in [0.4, 0.5) is 74.6 Å². The van der Waals surface area contributed by atoms with Crippen LogP contribution >= 0.6 is 0 Å². The molecule has 0 N–H and O–H groups in total. The van der Waals surface area contributed by atoms with E-state index in [9.17, 15) is 85.2 Å². The first-order chi connectivity index (χ1) is 22.6. The molecule has 1 aliphatic rings. The van der Waals surface area contributed by atoms with Crippen molar-refractivity contribution in [3.8, 4) is 12.1 Å². The van der Waals surface area contributed by atoms with Gasteiger partial charge in [0, 0.05) is 0 Å². The van der Waals surface area contributed by atoms with Gasteiger partial charge in [-0.15, -0.1) is 0 Å². The molecule has 0 spiro atoms. The Kier molecular flexibility index (Phi) is 8.89. The second kappa shape index (κ2) is 12.1. The predicted octanol–water partition coefficient (Wildman–Crippen LogP) is 8.60. The Bertz CT molecular complexity index is 2100. The topological polar surface area (TPSA) is 77.7 Å². The molecule has 0 amide bonds. The number of hydrogen-bond donors (Lipinski definition) is 0. The number of hydrogen-bond acceptors (Lipinski definition) is 4. The molecule has 22 heteroatoms. The van der Waals surface area contributed by atoms with E-state index in [-0.39, 0.29) is 0 Å². The number of halogens is 17. The van der Waals surface area contributed by atoms with Crippen LogP contribution in [0.1, 0.15) is 39.8 Å². The minimum Gasteiger partial charge on any atom is -0.237 e. The fourth-order valence-electron chi connectivity index (χ4n) is 4.68. The number of alkyl halides is 6. The van der Waals surface area contributed by atoms with Gasteiger partial charge < -0.3 is 0 Å². The van der Waals surface area contributed by atoms with Gasteiger partial charge in [-0.25, -0.2) is 45.0 Å². The zero-order valence-electron chi connectivity index (χ0n) is 22.3. The molecule has 0 radical (unpaired) electrons.